The number of hydrogen-bond acceptors (Lipinski definition) is 5. The molecule has 0 bridgehead atoms. The Morgan fingerprint density at radius 3 is 2.79 bits per heavy atom. The van der Waals surface area contributed by atoms with Gasteiger partial charge in [-0.15, -0.1) is 11.8 Å². The first-order valence-electron chi connectivity index (χ1n) is 9.01. The van der Waals surface area contributed by atoms with Crippen LogP contribution in [0, 0.1) is 13.8 Å². The van der Waals surface area contributed by atoms with Crippen LogP contribution in [0.4, 0.5) is 5.95 Å². The number of nitrogens with one attached hydrogen (secondary N) is 1. The van der Waals surface area contributed by atoms with Gasteiger partial charge in [-0.3, -0.25) is 10.1 Å². The molecule has 0 saturated heterocycles. The number of aromatic nitrogens is 3. The SMILES string of the molecule is Cc1noc(C)c1CSc1ccccc1C(=O)Nc1nc2cc(Cl)ccc2n1C. The van der Waals surface area contributed by atoms with Crippen molar-refractivity contribution in [2.45, 2.75) is 24.5 Å². The number of fused-ring (bicyclic) bond motifs is 1. The van der Waals surface area contributed by atoms with Gasteiger partial charge in [-0.1, -0.05) is 28.9 Å². The number of benzene rings is 2. The smallest absolute Gasteiger partial charge is 0.259 e. The molecule has 29 heavy (non-hydrogen) atoms. The first kappa shape index (κ1) is 19.5. The van der Waals surface area contributed by atoms with Gasteiger partial charge >= 0.3 is 0 Å². The molecule has 0 unspecified atom stereocenters. The molecule has 0 aliphatic rings. The maximum absolute atomic E-state index is 13.0. The molecule has 4 rings (SSSR count). The van der Waals surface area contributed by atoms with Crippen molar-refractivity contribution < 1.29 is 9.32 Å². The first-order valence-corrected chi connectivity index (χ1v) is 10.4. The van der Waals surface area contributed by atoms with E-state index in [0.717, 1.165) is 32.9 Å². The minimum absolute atomic E-state index is 0.212. The summed E-state index contributed by atoms with van der Waals surface area (Å²) in [4.78, 5) is 18.4. The van der Waals surface area contributed by atoms with Crippen molar-refractivity contribution in [2.24, 2.45) is 7.05 Å². The number of anilines is 1. The predicted octanol–water partition coefficient (Wildman–Crippen LogP) is 5.38. The molecule has 2 aromatic heterocycles. The molecule has 6 nitrogen and oxygen atoms in total. The summed E-state index contributed by atoms with van der Waals surface area (Å²) in [7, 11) is 1.86. The standard InChI is InChI=1S/C21H19ClN4O2S/c1-12-16(13(2)28-25-12)11-29-19-7-5-4-6-15(19)20(27)24-21-23-17-10-14(22)8-9-18(17)26(21)3/h4-10H,11H2,1-3H3,(H,23,24,27). The Morgan fingerprint density at radius 2 is 2.03 bits per heavy atom. The average Bonchev–Trinajstić information content (AvgIpc) is 3.18. The fourth-order valence-corrected chi connectivity index (χ4v) is 4.46. The second kappa shape index (κ2) is 7.93. The third-order valence-electron chi connectivity index (χ3n) is 4.75. The van der Waals surface area contributed by atoms with E-state index in [4.69, 9.17) is 16.1 Å². The van der Waals surface area contributed by atoms with E-state index in [1.165, 1.54) is 0 Å². The maximum Gasteiger partial charge on any atom is 0.259 e. The van der Waals surface area contributed by atoms with E-state index in [2.05, 4.69) is 15.5 Å². The van der Waals surface area contributed by atoms with Crippen molar-refractivity contribution in [2.75, 3.05) is 5.32 Å². The van der Waals surface area contributed by atoms with Gasteiger partial charge in [0, 0.05) is 28.3 Å². The van der Waals surface area contributed by atoms with Gasteiger partial charge in [0.1, 0.15) is 5.76 Å². The van der Waals surface area contributed by atoms with Gasteiger partial charge in [-0.2, -0.15) is 0 Å². The number of imidazole rings is 1. The van der Waals surface area contributed by atoms with Crippen molar-refractivity contribution in [1.29, 1.82) is 0 Å². The molecule has 1 amide bonds. The average molecular weight is 427 g/mol. The third kappa shape index (κ3) is 3.88. The second-order valence-corrected chi connectivity index (χ2v) is 8.12. The summed E-state index contributed by atoms with van der Waals surface area (Å²) < 4.78 is 7.06. The van der Waals surface area contributed by atoms with Gasteiger partial charge in [0.2, 0.25) is 5.95 Å². The van der Waals surface area contributed by atoms with Crippen molar-refractivity contribution in [1.82, 2.24) is 14.7 Å². The Morgan fingerprint density at radius 1 is 1.24 bits per heavy atom. The van der Waals surface area contributed by atoms with Gasteiger partial charge < -0.3 is 9.09 Å². The number of halogens is 1. The molecule has 0 saturated carbocycles. The van der Waals surface area contributed by atoms with Crippen LogP contribution in [0.25, 0.3) is 11.0 Å². The Hall–Kier alpha value is -2.77. The molecule has 0 radical (unpaired) electrons. The summed E-state index contributed by atoms with van der Waals surface area (Å²) in [5.74, 6) is 1.74. The van der Waals surface area contributed by atoms with E-state index in [1.54, 1.807) is 23.9 Å². The lowest BCUT2D eigenvalue weighted by Crippen LogP contribution is -2.16. The number of carbonyl (C=O) groups excluding carboxylic acids is 1. The van der Waals surface area contributed by atoms with Crippen LogP contribution in [0.5, 0.6) is 0 Å². The summed E-state index contributed by atoms with van der Waals surface area (Å²) in [6.45, 7) is 3.81. The lowest BCUT2D eigenvalue weighted by molar-refractivity contribution is 0.102. The van der Waals surface area contributed by atoms with Crippen LogP contribution in [-0.2, 0) is 12.8 Å². The van der Waals surface area contributed by atoms with Gasteiger partial charge in [-0.25, -0.2) is 4.98 Å². The zero-order valence-corrected chi connectivity index (χ0v) is 17.8. The molecule has 0 spiro atoms. The van der Waals surface area contributed by atoms with Gasteiger partial charge in [0.05, 0.1) is 22.3 Å². The molecular weight excluding hydrogens is 408 g/mol. The molecule has 2 heterocycles. The highest BCUT2D eigenvalue weighted by molar-refractivity contribution is 7.98. The summed E-state index contributed by atoms with van der Waals surface area (Å²) in [6.07, 6.45) is 0. The van der Waals surface area contributed by atoms with Crippen LogP contribution in [-0.4, -0.2) is 20.6 Å². The van der Waals surface area contributed by atoms with Crippen LogP contribution in [0.3, 0.4) is 0 Å². The molecule has 0 atom stereocenters. The molecule has 0 aliphatic heterocycles. The molecule has 1 N–H and O–H groups in total. The lowest BCUT2D eigenvalue weighted by atomic mass is 10.2. The topological polar surface area (TPSA) is 73.0 Å². The number of hydrogen-bond donors (Lipinski definition) is 1. The van der Waals surface area contributed by atoms with Crippen LogP contribution in [0.1, 0.15) is 27.4 Å². The van der Waals surface area contributed by atoms with Crippen LogP contribution < -0.4 is 5.32 Å². The Kier molecular flexibility index (Phi) is 5.34. The molecule has 0 aliphatic carbocycles. The highest BCUT2D eigenvalue weighted by atomic mass is 35.5. The van der Waals surface area contributed by atoms with Crippen molar-refractivity contribution in [3.63, 3.8) is 0 Å². The van der Waals surface area contributed by atoms with Crippen molar-refractivity contribution >= 4 is 46.3 Å². The maximum atomic E-state index is 13.0. The Bertz CT molecular complexity index is 1200. The molecule has 4 aromatic rings. The fourth-order valence-electron chi connectivity index (χ4n) is 3.09. The zero-order valence-electron chi connectivity index (χ0n) is 16.2. The van der Waals surface area contributed by atoms with Crippen molar-refractivity contribution in [3.05, 3.63) is 70.1 Å². The van der Waals surface area contributed by atoms with E-state index in [-0.39, 0.29) is 5.91 Å². The lowest BCUT2D eigenvalue weighted by Gasteiger charge is -2.10. The highest BCUT2D eigenvalue weighted by Gasteiger charge is 2.17. The molecule has 8 heteroatoms. The minimum atomic E-state index is -0.212. The van der Waals surface area contributed by atoms with Gasteiger partial charge in [0.15, 0.2) is 0 Å². The summed E-state index contributed by atoms with van der Waals surface area (Å²) in [6, 6.07) is 13.0. The number of amides is 1. The normalized spacial score (nSPS) is 11.2. The van der Waals surface area contributed by atoms with Gasteiger partial charge in [-0.05, 0) is 44.2 Å². The van der Waals surface area contributed by atoms with Gasteiger partial charge in [0.25, 0.3) is 5.91 Å². The van der Waals surface area contributed by atoms with E-state index in [1.807, 2.05) is 55.8 Å². The number of rotatable bonds is 5. The number of carbonyl (C=O) groups is 1. The van der Waals surface area contributed by atoms with Crippen LogP contribution in [0.2, 0.25) is 5.02 Å². The number of nitrogens with zero attached hydrogens (tertiary/aromatic N) is 3. The van der Waals surface area contributed by atoms with E-state index >= 15 is 0 Å². The quantitative estimate of drug-likeness (QED) is 0.434. The highest BCUT2D eigenvalue weighted by Crippen LogP contribution is 2.29. The second-order valence-electron chi connectivity index (χ2n) is 6.67. The Balaban J connectivity index is 1.57. The summed E-state index contributed by atoms with van der Waals surface area (Å²) >= 11 is 7.63. The zero-order chi connectivity index (χ0) is 20.5. The monoisotopic (exact) mass is 426 g/mol. The summed E-state index contributed by atoms with van der Waals surface area (Å²) in [5, 5.41) is 7.51. The number of aryl methyl sites for hydroxylation is 3. The van der Waals surface area contributed by atoms with E-state index in [0.29, 0.717) is 22.3 Å². The third-order valence-corrected chi connectivity index (χ3v) is 6.09. The van der Waals surface area contributed by atoms with Crippen molar-refractivity contribution in [3.8, 4) is 0 Å². The Labute approximate surface area is 177 Å². The largest absolute Gasteiger partial charge is 0.361 e. The minimum Gasteiger partial charge on any atom is -0.361 e. The molecule has 148 valence electrons. The van der Waals surface area contributed by atoms with Crippen LogP contribution >= 0.6 is 23.4 Å². The molecule has 2 aromatic carbocycles. The van der Waals surface area contributed by atoms with E-state index < -0.39 is 0 Å². The van der Waals surface area contributed by atoms with Crippen LogP contribution in [0.15, 0.2) is 51.9 Å². The molecular formula is C21H19ClN4O2S. The number of thioether (sulfide) groups is 1. The first-order chi connectivity index (χ1) is 13.9. The fraction of sp³-hybridized carbons (Fsp3) is 0.190. The summed E-state index contributed by atoms with van der Waals surface area (Å²) in [5.41, 5.74) is 4.14. The molecule has 0 fully saturated rings. The van der Waals surface area contributed by atoms with E-state index in [9.17, 15) is 4.79 Å². The predicted molar refractivity (Wildman–Crippen MR) is 116 cm³/mol.